The summed E-state index contributed by atoms with van der Waals surface area (Å²) in [4.78, 5) is 11.7. The standard InChI is InChI=1S/C13H13ClF3NO/c14-6-5-8-7-12(8,11(18)19)9-3-1-2-4-10(9)13(15,16)17/h1-4,8H,5-7H2,(H2,18,19)/t8-,12?/m1/s1. The molecule has 2 N–H and O–H groups in total. The van der Waals surface area contributed by atoms with Crippen molar-refractivity contribution >= 4 is 17.5 Å². The lowest BCUT2D eigenvalue weighted by Crippen LogP contribution is -2.32. The van der Waals surface area contributed by atoms with Crippen LogP contribution in [0.4, 0.5) is 13.2 Å². The third-order valence-corrected chi connectivity index (χ3v) is 3.93. The molecule has 2 atom stereocenters. The van der Waals surface area contributed by atoms with E-state index in [1.165, 1.54) is 18.2 Å². The van der Waals surface area contributed by atoms with Crippen LogP contribution in [0.3, 0.4) is 0 Å². The number of primary amides is 1. The molecule has 19 heavy (non-hydrogen) atoms. The summed E-state index contributed by atoms with van der Waals surface area (Å²) in [5.74, 6) is -0.612. The minimum atomic E-state index is -4.49. The zero-order valence-electron chi connectivity index (χ0n) is 10.0. The molecule has 1 unspecified atom stereocenters. The van der Waals surface area contributed by atoms with Gasteiger partial charge in [-0.3, -0.25) is 4.79 Å². The summed E-state index contributed by atoms with van der Waals surface area (Å²) in [6.45, 7) is 0. The van der Waals surface area contributed by atoms with Gasteiger partial charge in [-0.05, 0) is 30.4 Å². The highest BCUT2D eigenvalue weighted by Gasteiger charge is 2.61. The Labute approximate surface area is 113 Å². The lowest BCUT2D eigenvalue weighted by molar-refractivity contribution is -0.138. The van der Waals surface area contributed by atoms with Crippen molar-refractivity contribution in [1.29, 1.82) is 0 Å². The summed E-state index contributed by atoms with van der Waals surface area (Å²) in [5.41, 5.74) is 3.33. The molecule has 6 heteroatoms. The Balaban J connectivity index is 2.49. The maximum absolute atomic E-state index is 13.0. The maximum atomic E-state index is 13.0. The number of amides is 1. The van der Waals surface area contributed by atoms with Gasteiger partial charge in [0.05, 0.1) is 11.0 Å². The molecule has 0 saturated heterocycles. The number of carbonyl (C=O) groups is 1. The van der Waals surface area contributed by atoms with E-state index in [1.807, 2.05) is 0 Å². The van der Waals surface area contributed by atoms with Crippen LogP contribution in [0.25, 0.3) is 0 Å². The monoisotopic (exact) mass is 291 g/mol. The van der Waals surface area contributed by atoms with Gasteiger partial charge in [0, 0.05) is 5.88 Å². The molecular formula is C13H13ClF3NO. The van der Waals surface area contributed by atoms with Gasteiger partial charge in [0.15, 0.2) is 0 Å². The van der Waals surface area contributed by atoms with E-state index in [0.29, 0.717) is 18.7 Å². The van der Waals surface area contributed by atoms with Crippen LogP contribution in [-0.2, 0) is 16.4 Å². The highest BCUT2D eigenvalue weighted by Crippen LogP contribution is 2.58. The second-order valence-corrected chi connectivity index (χ2v) is 5.14. The SMILES string of the molecule is NC(=O)C1(c2ccccc2C(F)(F)F)C[C@H]1CCCl. The number of hydrogen-bond donors (Lipinski definition) is 1. The highest BCUT2D eigenvalue weighted by atomic mass is 35.5. The smallest absolute Gasteiger partial charge is 0.369 e. The zero-order chi connectivity index (χ0) is 14.3. The van der Waals surface area contributed by atoms with Crippen LogP contribution in [0.15, 0.2) is 24.3 Å². The van der Waals surface area contributed by atoms with Crippen molar-refractivity contribution in [1.82, 2.24) is 0 Å². The van der Waals surface area contributed by atoms with Crippen molar-refractivity contribution in [3.63, 3.8) is 0 Å². The first-order valence-corrected chi connectivity index (χ1v) is 6.40. The van der Waals surface area contributed by atoms with Crippen LogP contribution < -0.4 is 5.73 Å². The third-order valence-electron chi connectivity index (χ3n) is 3.72. The average molecular weight is 292 g/mol. The highest BCUT2D eigenvalue weighted by molar-refractivity contribution is 6.17. The van der Waals surface area contributed by atoms with Gasteiger partial charge in [-0.15, -0.1) is 11.6 Å². The second-order valence-electron chi connectivity index (χ2n) is 4.76. The van der Waals surface area contributed by atoms with Crippen LogP contribution in [0.5, 0.6) is 0 Å². The normalized spacial score (nSPS) is 26.2. The fraction of sp³-hybridized carbons (Fsp3) is 0.462. The molecule has 0 aliphatic heterocycles. The molecule has 2 rings (SSSR count). The third kappa shape index (κ3) is 2.31. The number of benzene rings is 1. The van der Waals surface area contributed by atoms with E-state index in [0.717, 1.165) is 6.07 Å². The first-order chi connectivity index (χ1) is 8.84. The number of rotatable bonds is 4. The molecule has 0 spiro atoms. The summed E-state index contributed by atoms with van der Waals surface area (Å²) >= 11 is 5.61. The van der Waals surface area contributed by atoms with E-state index in [1.54, 1.807) is 0 Å². The van der Waals surface area contributed by atoms with E-state index >= 15 is 0 Å². The van der Waals surface area contributed by atoms with Crippen molar-refractivity contribution in [2.24, 2.45) is 11.7 Å². The van der Waals surface area contributed by atoms with Crippen LogP contribution in [0.2, 0.25) is 0 Å². The lowest BCUT2D eigenvalue weighted by Gasteiger charge is -2.19. The predicted octanol–water partition coefficient (Wildman–Crippen LogP) is 3.08. The van der Waals surface area contributed by atoms with E-state index in [9.17, 15) is 18.0 Å². The maximum Gasteiger partial charge on any atom is 0.416 e. The quantitative estimate of drug-likeness (QED) is 0.851. The topological polar surface area (TPSA) is 43.1 Å². The molecule has 1 amide bonds. The van der Waals surface area contributed by atoms with Gasteiger partial charge >= 0.3 is 6.18 Å². The van der Waals surface area contributed by atoms with Crippen molar-refractivity contribution in [2.75, 3.05) is 5.88 Å². The van der Waals surface area contributed by atoms with Gasteiger partial charge in [-0.1, -0.05) is 18.2 Å². The molecular weight excluding hydrogens is 279 g/mol. The van der Waals surface area contributed by atoms with Crippen LogP contribution in [0.1, 0.15) is 24.0 Å². The molecule has 0 radical (unpaired) electrons. The van der Waals surface area contributed by atoms with Gasteiger partial charge in [0.1, 0.15) is 0 Å². The van der Waals surface area contributed by atoms with Gasteiger partial charge in [-0.2, -0.15) is 13.2 Å². The Kier molecular flexibility index (Phi) is 3.51. The van der Waals surface area contributed by atoms with Crippen LogP contribution in [-0.4, -0.2) is 11.8 Å². The van der Waals surface area contributed by atoms with Gasteiger partial charge in [0.2, 0.25) is 5.91 Å². The van der Waals surface area contributed by atoms with Crippen LogP contribution in [0, 0.1) is 5.92 Å². The summed E-state index contributed by atoms with van der Waals surface area (Å²) in [6, 6.07) is 5.11. The first-order valence-electron chi connectivity index (χ1n) is 5.86. The second kappa shape index (κ2) is 4.71. The number of nitrogens with two attached hydrogens (primary N) is 1. The Morgan fingerprint density at radius 2 is 2.05 bits per heavy atom. The van der Waals surface area contributed by atoms with Crippen molar-refractivity contribution in [3.05, 3.63) is 35.4 Å². The Morgan fingerprint density at radius 1 is 1.42 bits per heavy atom. The molecule has 1 fully saturated rings. The average Bonchev–Trinajstić information content (AvgIpc) is 3.04. The summed E-state index contributed by atoms with van der Waals surface area (Å²) < 4.78 is 39.0. The molecule has 1 aromatic carbocycles. The predicted molar refractivity (Wildman–Crippen MR) is 65.8 cm³/mol. The summed E-state index contributed by atoms with van der Waals surface area (Å²) in [6.07, 6.45) is -3.67. The molecule has 0 heterocycles. The summed E-state index contributed by atoms with van der Waals surface area (Å²) in [5, 5.41) is 0. The minimum absolute atomic E-state index is 0.0230. The van der Waals surface area contributed by atoms with E-state index in [2.05, 4.69) is 0 Å². The number of carbonyl (C=O) groups excluding carboxylic acids is 1. The number of alkyl halides is 4. The van der Waals surface area contributed by atoms with Crippen molar-refractivity contribution < 1.29 is 18.0 Å². The largest absolute Gasteiger partial charge is 0.416 e. The van der Waals surface area contributed by atoms with E-state index in [4.69, 9.17) is 17.3 Å². The molecule has 1 saturated carbocycles. The van der Waals surface area contributed by atoms with Gasteiger partial charge in [-0.25, -0.2) is 0 Å². The zero-order valence-corrected chi connectivity index (χ0v) is 10.8. The van der Waals surface area contributed by atoms with Crippen LogP contribution >= 0.6 is 11.6 Å². The Morgan fingerprint density at radius 3 is 2.58 bits per heavy atom. The molecule has 1 aromatic rings. The molecule has 0 bridgehead atoms. The lowest BCUT2D eigenvalue weighted by atomic mass is 9.87. The number of hydrogen-bond acceptors (Lipinski definition) is 1. The molecule has 1 aliphatic rings. The van der Waals surface area contributed by atoms with Gasteiger partial charge in [0.25, 0.3) is 0 Å². The molecule has 1 aliphatic carbocycles. The van der Waals surface area contributed by atoms with E-state index < -0.39 is 23.1 Å². The fourth-order valence-corrected chi connectivity index (χ4v) is 2.96. The number of halogens is 4. The Bertz CT molecular complexity index is 503. The molecule has 0 aromatic heterocycles. The molecule has 2 nitrogen and oxygen atoms in total. The molecule has 104 valence electrons. The van der Waals surface area contributed by atoms with Crippen molar-refractivity contribution in [2.45, 2.75) is 24.4 Å². The summed E-state index contributed by atoms with van der Waals surface area (Å²) in [7, 11) is 0. The van der Waals surface area contributed by atoms with Crippen molar-refractivity contribution in [3.8, 4) is 0 Å². The van der Waals surface area contributed by atoms with Gasteiger partial charge < -0.3 is 5.73 Å². The minimum Gasteiger partial charge on any atom is -0.369 e. The van der Waals surface area contributed by atoms with E-state index in [-0.39, 0.29) is 11.5 Å². The Hall–Kier alpha value is -1.23. The fourth-order valence-electron chi connectivity index (χ4n) is 2.69. The first kappa shape index (κ1) is 14.2.